The molecular formula is C25H37ClN4O2. The lowest BCUT2D eigenvalue weighted by Crippen LogP contribution is -2.46. The average molecular weight is 461 g/mol. The van der Waals surface area contributed by atoms with Crippen LogP contribution in [0.25, 0.3) is 5.69 Å². The van der Waals surface area contributed by atoms with Crippen molar-refractivity contribution in [3.63, 3.8) is 0 Å². The Morgan fingerprint density at radius 1 is 1.12 bits per heavy atom. The molecule has 1 aromatic carbocycles. The summed E-state index contributed by atoms with van der Waals surface area (Å²) in [6.07, 6.45) is 1.76. The zero-order valence-electron chi connectivity index (χ0n) is 20.5. The van der Waals surface area contributed by atoms with Crippen LogP contribution in [0.1, 0.15) is 65.6 Å². The van der Waals surface area contributed by atoms with Gasteiger partial charge in [-0.25, -0.2) is 4.68 Å². The first-order valence-electron chi connectivity index (χ1n) is 11.2. The van der Waals surface area contributed by atoms with Gasteiger partial charge >= 0.3 is 0 Å². The number of carbonyl (C=O) groups is 2. The molecule has 0 aliphatic heterocycles. The number of unbranched alkanes of at least 4 members (excludes halogenated alkanes) is 1. The van der Waals surface area contributed by atoms with Crippen LogP contribution in [0, 0.1) is 12.3 Å². The van der Waals surface area contributed by atoms with E-state index in [0.717, 1.165) is 29.8 Å². The lowest BCUT2D eigenvalue weighted by molar-refractivity contribution is -0.141. The Labute approximate surface area is 197 Å². The maximum Gasteiger partial charge on any atom is 0.245 e. The summed E-state index contributed by atoms with van der Waals surface area (Å²) in [5, 5.41) is 7.74. The summed E-state index contributed by atoms with van der Waals surface area (Å²) in [6, 6.07) is 9.88. The molecule has 0 unspecified atom stereocenters. The van der Waals surface area contributed by atoms with Gasteiger partial charge in [0.05, 0.1) is 23.3 Å². The van der Waals surface area contributed by atoms with E-state index in [1.807, 2.05) is 37.3 Å². The summed E-state index contributed by atoms with van der Waals surface area (Å²) in [7, 11) is 0. The Balaban J connectivity index is 2.31. The molecule has 32 heavy (non-hydrogen) atoms. The van der Waals surface area contributed by atoms with Gasteiger partial charge in [0.25, 0.3) is 0 Å². The van der Waals surface area contributed by atoms with Gasteiger partial charge in [-0.3, -0.25) is 9.59 Å². The summed E-state index contributed by atoms with van der Waals surface area (Å²) in [5.41, 5.74) is 1.98. The molecule has 2 rings (SSSR count). The summed E-state index contributed by atoms with van der Waals surface area (Å²) in [6.45, 7) is 14.4. The molecule has 0 aliphatic carbocycles. The number of alkyl halides is 1. The monoisotopic (exact) mass is 460 g/mol. The van der Waals surface area contributed by atoms with Crippen LogP contribution in [0.3, 0.4) is 0 Å². The van der Waals surface area contributed by atoms with Crippen molar-refractivity contribution in [2.75, 3.05) is 24.3 Å². The number of halogens is 1. The van der Waals surface area contributed by atoms with Crippen LogP contribution in [0.15, 0.2) is 30.3 Å². The number of hydrogen-bond acceptors (Lipinski definition) is 3. The molecule has 0 atom stereocenters. The van der Waals surface area contributed by atoms with E-state index in [-0.39, 0.29) is 29.7 Å². The van der Waals surface area contributed by atoms with Crippen molar-refractivity contribution in [3.05, 3.63) is 41.6 Å². The molecule has 0 fully saturated rings. The van der Waals surface area contributed by atoms with Gasteiger partial charge in [-0.1, -0.05) is 51.8 Å². The van der Waals surface area contributed by atoms with Crippen molar-refractivity contribution >= 4 is 29.2 Å². The number of benzene rings is 1. The van der Waals surface area contributed by atoms with Gasteiger partial charge in [0.1, 0.15) is 5.82 Å². The van der Waals surface area contributed by atoms with E-state index in [2.05, 4.69) is 33.0 Å². The lowest BCUT2D eigenvalue weighted by atomic mass is 9.92. The highest BCUT2D eigenvalue weighted by Gasteiger charge is 2.32. The predicted molar refractivity (Wildman–Crippen MR) is 132 cm³/mol. The fourth-order valence-corrected chi connectivity index (χ4v) is 3.28. The van der Waals surface area contributed by atoms with Crippen LogP contribution in [-0.2, 0) is 15.0 Å². The highest BCUT2D eigenvalue weighted by Crippen LogP contribution is 2.27. The molecule has 0 bridgehead atoms. The summed E-state index contributed by atoms with van der Waals surface area (Å²) in [4.78, 5) is 27.6. The van der Waals surface area contributed by atoms with Gasteiger partial charge in [0.15, 0.2) is 0 Å². The molecule has 0 saturated carbocycles. The maximum atomic E-state index is 13.0. The number of nitrogens with zero attached hydrogens (tertiary/aromatic N) is 3. The number of aromatic nitrogens is 2. The molecule has 0 saturated heterocycles. The number of rotatable bonds is 9. The summed E-state index contributed by atoms with van der Waals surface area (Å²) < 4.78 is 1.75. The van der Waals surface area contributed by atoms with E-state index >= 15 is 0 Å². The van der Waals surface area contributed by atoms with Crippen molar-refractivity contribution in [2.24, 2.45) is 5.41 Å². The molecule has 1 aromatic heterocycles. The normalized spacial score (nSPS) is 12.0. The smallest absolute Gasteiger partial charge is 0.245 e. The van der Waals surface area contributed by atoms with Gasteiger partial charge in [-0.15, -0.1) is 11.6 Å². The number of hydrogen-bond donors (Lipinski definition) is 1. The summed E-state index contributed by atoms with van der Waals surface area (Å²) >= 11 is 6.02. The molecule has 1 N–H and O–H groups in total. The molecule has 1 heterocycles. The Morgan fingerprint density at radius 3 is 2.28 bits per heavy atom. The molecule has 6 nitrogen and oxygen atoms in total. The third-order valence-corrected chi connectivity index (χ3v) is 6.01. The molecular weight excluding hydrogens is 424 g/mol. The van der Waals surface area contributed by atoms with Gasteiger partial charge in [-0.05, 0) is 39.3 Å². The van der Waals surface area contributed by atoms with E-state index in [9.17, 15) is 9.59 Å². The van der Waals surface area contributed by atoms with E-state index in [4.69, 9.17) is 16.7 Å². The van der Waals surface area contributed by atoms with Crippen molar-refractivity contribution in [3.8, 4) is 5.69 Å². The van der Waals surface area contributed by atoms with Crippen molar-refractivity contribution in [2.45, 2.75) is 66.7 Å². The Morgan fingerprint density at radius 2 is 1.75 bits per heavy atom. The second kappa shape index (κ2) is 10.5. The summed E-state index contributed by atoms with van der Waals surface area (Å²) in [5.74, 6) is 0.418. The fraction of sp³-hybridized carbons (Fsp3) is 0.560. The number of nitrogens with one attached hydrogen (secondary N) is 1. The number of anilines is 1. The largest absolute Gasteiger partial charge is 0.333 e. The lowest BCUT2D eigenvalue weighted by Gasteiger charge is -2.30. The van der Waals surface area contributed by atoms with Gasteiger partial charge in [-0.2, -0.15) is 5.10 Å². The topological polar surface area (TPSA) is 67.2 Å². The Kier molecular flexibility index (Phi) is 8.52. The van der Waals surface area contributed by atoms with Gasteiger partial charge in [0.2, 0.25) is 11.8 Å². The van der Waals surface area contributed by atoms with Crippen LogP contribution < -0.4 is 5.32 Å². The quantitative estimate of drug-likeness (QED) is 0.515. The molecule has 7 heteroatoms. The molecule has 0 radical (unpaired) electrons. The first-order valence-corrected chi connectivity index (χ1v) is 11.7. The Hall–Kier alpha value is -2.34. The zero-order valence-corrected chi connectivity index (χ0v) is 21.2. The fourth-order valence-electron chi connectivity index (χ4n) is 3.16. The van der Waals surface area contributed by atoms with E-state index < -0.39 is 5.41 Å². The second-order valence-corrected chi connectivity index (χ2v) is 10.3. The van der Waals surface area contributed by atoms with Crippen LogP contribution in [0.4, 0.5) is 5.82 Å². The second-order valence-electron chi connectivity index (χ2n) is 10.1. The standard InChI is InChI=1S/C25H37ClN4O2/c1-8-9-14-29(23(32)25(6,7)17-26)16-22(31)27-21-15-20(24(3,4)5)28-30(21)19-12-10-18(2)11-13-19/h10-13,15H,8-9,14,16-17H2,1-7H3,(H,27,31). The van der Waals surface area contributed by atoms with Crippen LogP contribution >= 0.6 is 11.6 Å². The third-order valence-electron chi connectivity index (χ3n) is 5.34. The van der Waals surface area contributed by atoms with Crippen molar-refractivity contribution in [1.29, 1.82) is 0 Å². The highest BCUT2D eigenvalue weighted by molar-refractivity contribution is 6.19. The minimum atomic E-state index is -0.724. The highest BCUT2D eigenvalue weighted by atomic mass is 35.5. The van der Waals surface area contributed by atoms with E-state index in [1.165, 1.54) is 0 Å². The van der Waals surface area contributed by atoms with Crippen LogP contribution in [0.2, 0.25) is 0 Å². The maximum absolute atomic E-state index is 13.0. The molecule has 176 valence electrons. The van der Waals surface area contributed by atoms with E-state index in [1.54, 1.807) is 23.4 Å². The minimum Gasteiger partial charge on any atom is -0.333 e. The molecule has 0 spiro atoms. The van der Waals surface area contributed by atoms with Crippen molar-refractivity contribution in [1.82, 2.24) is 14.7 Å². The number of carbonyl (C=O) groups excluding carboxylic acids is 2. The molecule has 2 amide bonds. The molecule has 2 aromatic rings. The zero-order chi connectivity index (χ0) is 24.1. The SMILES string of the molecule is CCCCN(CC(=O)Nc1cc(C(C)(C)C)nn1-c1ccc(C)cc1)C(=O)C(C)(C)CCl. The van der Waals surface area contributed by atoms with E-state index in [0.29, 0.717) is 12.4 Å². The number of amides is 2. The first kappa shape index (κ1) is 25.9. The third kappa shape index (κ3) is 6.58. The van der Waals surface area contributed by atoms with Crippen LogP contribution in [0.5, 0.6) is 0 Å². The predicted octanol–water partition coefficient (Wildman–Crippen LogP) is 5.31. The van der Waals surface area contributed by atoms with Crippen molar-refractivity contribution < 1.29 is 9.59 Å². The minimum absolute atomic E-state index is 0.0247. The first-order chi connectivity index (χ1) is 14.9. The molecule has 0 aliphatic rings. The van der Waals surface area contributed by atoms with Gasteiger partial charge < -0.3 is 10.2 Å². The van der Waals surface area contributed by atoms with Crippen LogP contribution in [-0.4, -0.2) is 45.5 Å². The average Bonchev–Trinajstić information content (AvgIpc) is 3.15. The Bertz CT molecular complexity index is 926. The van der Waals surface area contributed by atoms with Gasteiger partial charge in [0, 0.05) is 23.9 Å². The number of aryl methyl sites for hydroxylation is 1.